The van der Waals surface area contributed by atoms with Crippen LogP contribution >= 0.6 is 39.1 Å². The molecule has 9 heteroatoms. The summed E-state index contributed by atoms with van der Waals surface area (Å²) in [6.45, 7) is 2.21. The summed E-state index contributed by atoms with van der Waals surface area (Å²) in [5.41, 5.74) is 0. The number of hydrogen-bond acceptors (Lipinski definition) is 3. The van der Waals surface area contributed by atoms with E-state index >= 15 is 0 Å². The third-order valence-corrected chi connectivity index (χ3v) is 6.49. The van der Waals surface area contributed by atoms with E-state index in [0.717, 1.165) is 4.31 Å². The normalized spacial score (nSPS) is 20.4. The minimum absolute atomic E-state index is 0.0233. The van der Waals surface area contributed by atoms with E-state index in [4.69, 9.17) is 23.2 Å². The Hall–Kier alpha value is -0.340. The van der Waals surface area contributed by atoms with E-state index in [0.29, 0.717) is 10.9 Å². The Bertz CT molecular complexity index is 658. The summed E-state index contributed by atoms with van der Waals surface area (Å²) in [5.74, 6) is -0.309. The van der Waals surface area contributed by atoms with Crippen molar-refractivity contribution in [3.05, 3.63) is 26.7 Å². The van der Waals surface area contributed by atoms with Crippen LogP contribution < -0.4 is 5.32 Å². The minimum atomic E-state index is -3.95. The van der Waals surface area contributed by atoms with E-state index in [-0.39, 0.29) is 33.9 Å². The number of nitrogens with zero attached hydrogens (tertiary/aromatic N) is 1. The molecule has 1 fully saturated rings. The second-order valence-corrected chi connectivity index (χ2v) is 8.09. The number of carbonyl (C=O) groups is 1. The zero-order valence-electron chi connectivity index (χ0n) is 11.1. The molecule has 1 aromatic rings. The highest BCUT2D eigenvalue weighted by Gasteiger charge is 2.39. The molecule has 116 valence electrons. The van der Waals surface area contributed by atoms with E-state index < -0.39 is 16.1 Å². The topological polar surface area (TPSA) is 66.5 Å². The van der Waals surface area contributed by atoms with Crippen molar-refractivity contribution >= 4 is 55.1 Å². The smallest absolute Gasteiger partial charge is 0.246 e. The molecule has 2 rings (SSSR count). The van der Waals surface area contributed by atoms with Crippen molar-refractivity contribution in [3.63, 3.8) is 0 Å². The quantitative estimate of drug-likeness (QED) is 0.825. The predicted octanol–water partition coefficient (Wildman–Crippen LogP) is 2.66. The number of hydrogen-bond donors (Lipinski definition) is 1. The van der Waals surface area contributed by atoms with Crippen LogP contribution in [-0.4, -0.2) is 37.8 Å². The summed E-state index contributed by atoms with van der Waals surface area (Å²) in [4.78, 5) is 11.7. The molecule has 1 atom stereocenters. The summed E-state index contributed by atoms with van der Waals surface area (Å²) >= 11 is 15.3. The number of amides is 1. The number of sulfonamides is 1. The van der Waals surface area contributed by atoms with Crippen LogP contribution in [0.4, 0.5) is 0 Å². The largest absolute Gasteiger partial charge is 0.353 e. The Morgan fingerprint density at radius 1 is 1.38 bits per heavy atom. The molecule has 1 unspecified atom stereocenters. The van der Waals surface area contributed by atoms with Gasteiger partial charge in [-0.15, -0.1) is 0 Å². The van der Waals surface area contributed by atoms with Gasteiger partial charge >= 0.3 is 0 Å². The number of halogens is 3. The Balaban J connectivity index is 2.54. The zero-order valence-corrected chi connectivity index (χ0v) is 15.0. The summed E-state index contributed by atoms with van der Waals surface area (Å²) in [6, 6.07) is 2.18. The molecule has 0 saturated carbocycles. The lowest BCUT2D eigenvalue weighted by molar-refractivity contribution is -0.126. The number of nitrogens with one attached hydrogen (secondary N) is 1. The first kappa shape index (κ1) is 17.0. The zero-order chi connectivity index (χ0) is 15.8. The van der Waals surface area contributed by atoms with Gasteiger partial charge in [-0.1, -0.05) is 46.1 Å². The van der Waals surface area contributed by atoms with Gasteiger partial charge in [0.1, 0.15) is 10.9 Å². The standard InChI is InChI=1S/C12H13BrCl2N2O3S/c1-2-10-12(18)16-3-4-17(10)21(19,20)11-8(14)5-7(13)6-9(11)15/h5-6,10H,2-4H2,1H3,(H,16,18). The molecule has 1 aliphatic heterocycles. The monoisotopic (exact) mass is 414 g/mol. The Morgan fingerprint density at radius 3 is 2.48 bits per heavy atom. The van der Waals surface area contributed by atoms with E-state index in [9.17, 15) is 13.2 Å². The first-order valence-electron chi connectivity index (χ1n) is 6.23. The van der Waals surface area contributed by atoms with Crippen LogP contribution in [0.15, 0.2) is 21.5 Å². The third-order valence-electron chi connectivity index (χ3n) is 3.20. The second kappa shape index (κ2) is 6.42. The van der Waals surface area contributed by atoms with Gasteiger partial charge in [-0.2, -0.15) is 4.31 Å². The van der Waals surface area contributed by atoms with Crippen molar-refractivity contribution in [1.82, 2.24) is 9.62 Å². The maximum atomic E-state index is 12.8. The van der Waals surface area contributed by atoms with E-state index in [2.05, 4.69) is 21.2 Å². The number of carbonyl (C=O) groups excluding carboxylic acids is 1. The molecular weight excluding hydrogens is 403 g/mol. The van der Waals surface area contributed by atoms with E-state index in [1.54, 1.807) is 6.92 Å². The fraction of sp³-hybridized carbons (Fsp3) is 0.417. The van der Waals surface area contributed by atoms with Crippen LogP contribution in [0.3, 0.4) is 0 Å². The predicted molar refractivity (Wildman–Crippen MR) is 85.1 cm³/mol. The molecule has 1 heterocycles. The van der Waals surface area contributed by atoms with Crippen LogP contribution in [0.5, 0.6) is 0 Å². The van der Waals surface area contributed by atoms with Gasteiger partial charge in [0.2, 0.25) is 15.9 Å². The molecule has 5 nitrogen and oxygen atoms in total. The molecule has 1 aromatic carbocycles. The van der Waals surface area contributed by atoms with Crippen LogP contribution in [0.25, 0.3) is 0 Å². The van der Waals surface area contributed by atoms with Gasteiger partial charge < -0.3 is 5.32 Å². The Labute approximate surface area is 141 Å². The summed E-state index contributed by atoms with van der Waals surface area (Å²) in [7, 11) is -3.95. The Kier molecular flexibility index (Phi) is 5.20. The van der Waals surface area contributed by atoms with Gasteiger partial charge in [-0.25, -0.2) is 8.42 Å². The van der Waals surface area contributed by atoms with E-state index in [1.807, 2.05) is 0 Å². The lowest BCUT2D eigenvalue weighted by Gasteiger charge is -2.33. The van der Waals surface area contributed by atoms with Gasteiger partial charge in [0.15, 0.2) is 0 Å². The lowest BCUT2D eigenvalue weighted by atomic mass is 10.2. The molecule has 0 spiro atoms. The number of benzene rings is 1. The maximum absolute atomic E-state index is 12.8. The molecule has 1 aliphatic rings. The van der Waals surface area contributed by atoms with Gasteiger partial charge in [0.05, 0.1) is 10.0 Å². The highest BCUT2D eigenvalue weighted by Crippen LogP contribution is 2.35. The third kappa shape index (κ3) is 3.22. The first-order valence-corrected chi connectivity index (χ1v) is 9.22. The SMILES string of the molecule is CCC1C(=O)NCCN1S(=O)(=O)c1c(Cl)cc(Br)cc1Cl. The highest BCUT2D eigenvalue weighted by atomic mass is 79.9. The molecule has 1 N–H and O–H groups in total. The van der Waals surface area contributed by atoms with Gasteiger partial charge in [-0.3, -0.25) is 4.79 Å². The minimum Gasteiger partial charge on any atom is -0.353 e. The summed E-state index contributed by atoms with van der Waals surface area (Å²) in [5, 5.41) is 2.70. The fourth-order valence-electron chi connectivity index (χ4n) is 2.26. The first-order chi connectivity index (χ1) is 9.78. The van der Waals surface area contributed by atoms with Crippen molar-refractivity contribution in [1.29, 1.82) is 0 Å². The average molecular weight is 416 g/mol. The van der Waals surface area contributed by atoms with Crippen molar-refractivity contribution in [3.8, 4) is 0 Å². The number of rotatable bonds is 3. The molecule has 0 bridgehead atoms. The van der Waals surface area contributed by atoms with Crippen molar-refractivity contribution in [2.45, 2.75) is 24.3 Å². The molecule has 0 aromatic heterocycles. The molecule has 1 saturated heterocycles. The highest BCUT2D eigenvalue weighted by molar-refractivity contribution is 9.10. The van der Waals surface area contributed by atoms with Gasteiger partial charge in [0, 0.05) is 17.6 Å². The summed E-state index contributed by atoms with van der Waals surface area (Å²) in [6.07, 6.45) is 0.372. The van der Waals surface area contributed by atoms with Crippen LogP contribution in [0.2, 0.25) is 10.0 Å². The molecule has 0 radical (unpaired) electrons. The van der Waals surface area contributed by atoms with Crippen LogP contribution in [0, 0.1) is 0 Å². The fourth-order valence-corrected chi connectivity index (χ4v) is 5.81. The number of piperazine rings is 1. The average Bonchev–Trinajstić information content (AvgIpc) is 2.36. The molecule has 1 amide bonds. The van der Waals surface area contributed by atoms with Gasteiger partial charge in [0.25, 0.3) is 0 Å². The molecular formula is C12H13BrCl2N2O3S. The molecule has 21 heavy (non-hydrogen) atoms. The van der Waals surface area contributed by atoms with Crippen LogP contribution in [-0.2, 0) is 14.8 Å². The van der Waals surface area contributed by atoms with Crippen LogP contribution in [0.1, 0.15) is 13.3 Å². The lowest BCUT2D eigenvalue weighted by Crippen LogP contribution is -2.56. The second-order valence-electron chi connectivity index (χ2n) is 4.53. The van der Waals surface area contributed by atoms with Crippen molar-refractivity contribution < 1.29 is 13.2 Å². The van der Waals surface area contributed by atoms with Crippen molar-refractivity contribution in [2.75, 3.05) is 13.1 Å². The van der Waals surface area contributed by atoms with Crippen molar-refractivity contribution in [2.24, 2.45) is 0 Å². The molecule has 0 aliphatic carbocycles. The Morgan fingerprint density at radius 2 is 1.95 bits per heavy atom. The maximum Gasteiger partial charge on any atom is 0.246 e. The van der Waals surface area contributed by atoms with Gasteiger partial charge in [-0.05, 0) is 18.6 Å². The summed E-state index contributed by atoms with van der Waals surface area (Å²) < 4.78 is 27.4. The van der Waals surface area contributed by atoms with E-state index in [1.165, 1.54) is 12.1 Å².